The van der Waals surface area contributed by atoms with E-state index in [-0.39, 0.29) is 11.5 Å². The van der Waals surface area contributed by atoms with Crippen LogP contribution in [-0.2, 0) is 21.5 Å². The van der Waals surface area contributed by atoms with E-state index in [0.717, 1.165) is 96.1 Å². The van der Waals surface area contributed by atoms with Gasteiger partial charge < -0.3 is 14.2 Å². The van der Waals surface area contributed by atoms with Crippen LogP contribution in [0.4, 0.5) is 0 Å². The number of carbonyl (C=O) groups is 2. The Kier molecular flexibility index (Phi) is 9.67. The van der Waals surface area contributed by atoms with Crippen LogP contribution >= 0.6 is 0 Å². The summed E-state index contributed by atoms with van der Waals surface area (Å²) in [7, 11) is 0.456. The molecule has 0 spiro atoms. The maximum absolute atomic E-state index is 14.4. The SMILES string of the molecule is COc1ccc(-c2c(C3CCCCC3)c3ccc(C(=O)NS(=O)(=O)N(C)C)cc3n2CC(C)(C)C(=O)N2CCN3CCCC3C2)c(C)c1. The quantitative estimate of drug-likeness (QED) is 0.319. The number of fused-ring (bicyclic) bond motifs is 2. The Bertz CT molecular complexity index is 1810. The lowest BCUT2D eigenvalue weighted by atomic mass is 9.81. The highest BCUT2D eigenvalue weighted by molar-refractivity contribution is 7.87. The molecule has 2 aliphatic heterocycles. The molecule has 3 fully saturated rings. The molecule has 10 nitrogen and oxygen atoms in total. The number of aryl methyl sites for hydroxylation is 1. The predicted octanol–water partition coefficient (Wildman–Crippen LogP) is 5.54. The third-order valence-corrected chi connectivity index (χ3v) is 12.2. The van der Waals surface area contributed by atoms with Crippen LogP contribution in [-0.4, -0.2) is 92.3 Å². The van der Waals surface area contributed by atoms with E-state index in [1.54, 1.807) is 13.2 Å². The normalized spacial score (nSPS) is 19.6. The van der Waals surface area contributed by atoms with Gasteiger partial charge in [-0.05, 0) is 100 Å². The van der Waals surface area contributed by atoms with Crippen LogP contribution in [0.5, 0.6) is 5.75 Å². The zero-order valence-electron chi connectivity index (χ0n) is 29.3. The van der Waals surface area contributed by atoms with Crippen molar-refractivity contribution in [2.45, 2.75) is 84.2 Å². The summed E-state index contributed by atoms with van der Waals surface area (Å²) in [5.74, 6) is 0.547. The Labute approximate surface area is 285 Å². The van der Waals surface area contributed by atoms with E-state index >= 15 is 0 Å². The lowest BCUT2D eigenvalue weighted by molar-refractivity contribution is -0.143. The lowest BCUT2D eigenvalue weighted by Crippen LogP contribution is -2.55. The maximum Gasteiger partial charge on any atom is 0.303 e. The minimum Gasteiger partial charge on any atom is -0.497 e. The second-order valence-electron chi connectivity index (χ2n) is 14.8. The van der Waals surface area contributed by atoms with Crippen molar-refractivity contribution in [3.05, 3.63) is 53.1 Å². The van der Waals surface area contributed by atoms with Gasteiger partial charge in [-0.2, -0.15) is 12.7 Å². The number of benzene rings is 2. The van der Waals surface area contributed by atoms with Gasteiger partial charge in [0.15, 0.2) is 0 Å². The van der Waals surface area contributed by atoms with Crippen molar-refractivity contribution >= 4 is 32.9 Å². The molecule has 3 aromatic rings. The van der Waals surface area contributed by atoms with Crippen LogP contribution < -0.4 is 9.46 Å². The van der Waals surface area contributed by atoms with Crippen LogP contribution in [0.25, 0.3) is 22.2 Å². The van der Waals surface area contributed by atoms with Crippen LogP contribution in [0.15, 0.2) is 36.4 Å². The Morgan fingerprint density at radius 2 is 1.73 bits per heavy atom. The van der Waals surface area contributed by atoms with E-state index in [1.807, 2.05) is 38.1 Å². The molecule has 2 saturated heterocycles. The summed E-state index contributed by atoms with van der Waals surface area (Å²) in [6, 6.07) is 12.1. The molecule has 3 heterocycles. The fourth-order valence-corrected chi connectivity index (χ4v) is 8.67. The monoisotopic (exact) mass is 677 g/mol. The molecule has 1 N–H and O–H groups in total. The number of methoxy groups -OCH3 is 1. The molecule has 1 saturated carbocycles. The first-order valence-corrected chi connectivity index (χ1v) is 18.8. The number of piperazine rings is 1. The van der Waals surface area contributed by atoms with Gasteiger partial charge in [-0.3, -0.25) is 14.5 Å². The Morgan fingerprint density at radius 3 is 2.42 bits per heavy atom. The van der Waals surface area contributed by atoms with E-state index < -0.39 is 21.5 Å². The number of hydrogen-bond acceptors (Lipinski definition) is 6. The summed E-state index contributed by atoms with van der Waals surface area (Å²) in [6.07, 6.45) is 7.97. The molecule has 260 valence electrons. The third kappa shape index (κ3) is 6.61. The first-order valence-electron chi connectivity index (χ1n) is 17.4. The number of nitrogens with zero attached hydrogens (tertiary/aromatic N) is 4. The minimum absolute atomic E-state index is 0.137. The molecule has 48 heavy (non-hydrogen) atoms. The number of amides is 2. The van der Waals surface area contributed by atoms with Gasteiger partial charge in [-0.25, -0.2) is 4.72 Å². The number of ether oxygens (including phenoxy) is 1. The molecular weight excluding hydrogens is 627 g/mol. The Balaban J connectivity index is 1.51. The van der Waals surface area contributed by atoms with Crippen molar-refractivity contribution in [1.29, 1.82) is 0 Å². The minimum atomic E-state index is -3.98. The van der Waals surface area contributed by atoms with Gasteiger partial charge in [0, 0.05) is 68.3 Å². The van der Waals surface area contributed by atoms with Gasteiger partial charge in [0.2, 0.25) is 5.91 Å². The summed E-state index contributed by atoms with van der Waals surface area (Å²) < 4.78 is 36.2. The molecular formula is C37H51N5O5S. The summed E-state index contributed by atoms with van der Waals surface area (Å²) >= 11 is 0. The highest BCUT2D eigenvalue weighted by atomic mass is 32.2. The summed E-state index contributed by atoms with van der Waals surface area (Å²) in [6.45, 7) is 10.1. The summed E-state index contributed by atoms with van der Waals surface area (Å²) in [5.41, 5.74) is 4.77. The molecule has 1 atom stereocenters. The van der Waals surface area contributed by atoms with Crippen LogP contribution in [0, 0.1) is 12.3 Å². The molecule has 6 rings (SSSR count). The number of rotatable bonds is 9. The van der Waals surface area contributed by atoms with E-state index in [4.69, 9.17) is 4.74 Å². The zero-order valence-corrected chi connectivity index (χ0v) is 30.2. The van der Waals surface area contributed by atoms with Crippen molar-refractivity contribution in [1.82, 2.24) is 23.4 Å². The maximum atomic E-state index is 14.4. The van der Waals surface area contributed by atoms with Crippen LogP contribution in [0.2, 0.25) is 0 Å². The number of aromatic nitrogens is 1. The third-order valence-electron chi connectivity index (χ3n) is 10.8. The predicted molar refractivity (Wildman–Crippen MR) is 190 cm³/mol. The van der Waals surface area contributed by atoms with Crippen LogP contribution in [0.1, 0.15) is 86.2 Å². The first kappa shape index (κ1) is 34.5. The van der Waals surface area contributed by atoms with Gasteiger partial charge in [0.1, 0.15) is 5.75 Å². The van der Waals surface area contributed by atoms with Gasteiger partial charge in [-0.15, -0.1) is 0 Å². The summed E-state index contributed by atoms with van der Waals surface area (Å²) in [4.78, 5) is 32.4. The van der Waals surface area contributed by atoms with Crippen molar-refractivity contribution < 1.29 is 22.7 Å². The summed E-state index contributed by atoms with van der Waals surface area (Å²) in [5, 5.41) is 1.04. The number of hydrogen-bond donors (Lipinski definition) is 1. The molecule has 0 bridgehead atoms. The molecule has 1 aliphatic carbocycles. The standard InChI is InChI=1S/C37H51N5O5S/c1-25-21-29(47-6)15-17-30(25)34-33(26-11-8-7-9-12-26)31-16-14-27(35(43)38-48(45,46)39(4)5)22-32(31)42(34)24-37(2,3)36(44)41-20-19-40-18-10-13-28(40)23-41/h14-17,21-22,26,28H,7-13,18-20,23-24H2,1-6H3,(H,38,43). The molecule has 1 aromatic heterocycles. The highest BCUT2D eigenvalue weighted by Gasteiger charge is 2.40. The molecule has 11 heteroatoms. The number of nitrogens with one attached hydrogen (secondary N) is 1. The average Bonchev–Trinajstić information content (AvgIpc) is 3.66. The largest absolute Gasteiger partial charge is 0.497 e. The van der Waals surface area contributed by atoms with Crippen molar-refractivity contribution in [2.24, 2.45) is 5.41 Å². The fourth-order valence-electron chi connectivity index (χ4n) is 8.14. The molecule has 2 amide bonds. The van der Waals surface area contributed by atoms with Gasteiger partial charge >= 0.3 is 10.2 Å². The van der Waals surface area contributed by atoms with Crippen molar-refractivity contribution in [3.63, 3.8) is 0 Å². The highest BCUT2D eigenvalue weighted by Crippen LogP contribution is 2.46. The molecule has 1 unspecified atom stereocenters. The molecule has 0 radical (unpaired) electrons. The zero-order chi connectivity index (χ0) is 34.4. The average molecular weight is 678 g/mol. The van der Waals surface area contributed by atoms with E-state index in [0.29, 0.717) is 18.5 Å². The second-order valence-corrected chi connectivity index (χ2v) is 16.7. The Hall–Kier alpha value is -3.41. The van der Waals surface area contributed by atoms with Crippen LogP contribution in [0.3, 0.4) is 0 Å². The van der Waals surface area contributed by atoms with Gasteiger partial charge in [0.05, 0.1) is 18.2 Å². The van der Waals surface area contributed by atoms with Gasteiger partial charge in [-0.1, -0.05) is 25.3 Å². The molecule has 3 aliphatic rings. The van der Waals surface area contributed by atoms with E-state index in [1.165, 1.54) is 32.5 Å². The lowest BCUT2D eigenvalue weighted by Gasteiger charge is -2.41. The smallest absolute Gasteiger partial charge is 0.303 e. The second kappa shape index (κ2) is 13.5. The van der Waals surface area contributed by atoms with Gasteiger partial charge in [0.25, 0.3) is 5.91 Å². The van der Waals surface area contributed by atoms with E-state index in [2.05, 4.69) is 32.1 Å². The van der Waals surface area contributed by atoms with E-state index in [9.17, 15) is 18.0 Å². The molecule has 2 aromatic carbocycles. The first-order chi connectivity index (χ1) is 22.8. The van der Waals surface area contributed by atoms with Crippen molar-refractivity contribution in [3.8, 4) is 17.0 Å². The number of carbonyl (C=O) groups excluding carboxylic acids is 2. The Morgan fingerprint density at radius 1 is 0.979 bits per heavy atom. The topological polar surface area (TPSA) is 104 Å². The van der Waals surface area contributed by atoms with Crippen molar-refractivity contribution in [2.75, 3.05) is 47.4 Å². The fraction of sp³-hybridized carbons (Fsp3) is 0.568.